The van der Waals surface area contributed by atoms with Crippen LogP contribution in [-0.4, -0.2) is 26.7 Å². The Labute approximate surface area is 355 Å². The number of nitrogens with zero attached hydrogens (tertiary/aromatic N) is 4. The molecular weight excluding hydrogens is 740 g/mol. The van der Waals surface area contributed by atoms with Gasteiger partial charge in [-0.25, -0.2) is 9.37 Å². The van der Waals surface area contributed by atoms with Crippen molar-refractivity contribution in [1.82, 2.24) is 14.5 Å². The summed E-state index contributed by atoms with van der Waals surface area (Å²) in [4.78, 5) is 12.5. The van der Waals surface area contributed by atoms with Gasteiger partial charge in [0.25, 0.3) is 0 Å². The van der Waals surface area contributed by atoms with Gasteiger partial charge in [0.1, 0.15) is 17.4 Å². The van der Waals surface area contributed by atoms with Gasteiger partial charge in [0.05, 0.1) is 22.3 Å². The van der Waals surface area contributed by atoms with E-state index in [1.165, 1.54) is 17.2 Å². The van der Waals surface area contributed by atoms with Gasteiger partial charge >= 0.3 is 0 Å². The van der Waals surface area contributed by atoms with Crippen LogP contribution in [0.2, 0.25) is 0 Å². The number of pyridine rings is 1. The van der Waals surface area contributed by atoms with Gasteiger partial charge < -0.3 is 10.0 Å². The molecular formula is C54H57FN4O. The van der Waals surface area contributed by atoms with Crippen molar-refractivity contribution in [3.8, 4) is 45.2 Å². The molecule has 5 aromatic carbocycles. The van der Waals surface area contributed by atoms with Crippen LogP contribution >= 0.6 is 0 Å². The largest absolute Gasteiger partial charge is 0.507 e. The molecule has 7 aromatic rings. The monoisotopic (exact) mass is 796 g/mol. The Bertz CT molecular complexity index is 2740. The summed E-state index contributed by atoms with van der Waals surface area (Å²) in [5, 5.41) is 11.3. The molecule has 0 aliphatic heterocycles. The number of para-hydroxylation sites is 2. The summed E-state index contributed by atoms with van der Waals surface area (Å²) in [7, 11) is 2.07. The smallest absolute Gasteiger partial charge is 0.149 e. The van der Waals surface area contributed by atoms with E-state index in [1.54, 1.807) is 6.07 Å². The average molecular weight is 797 g/mol. The fourth-order valence-electron chi connectivity index (χ4n) is 7.69. The zero-order valence-electron chi connectivity index (χ0n) is 36.9. The Kier molecular flexibility index (Phi) is 11.0. The van der Waals surface area contributed by atoms with Crippen LogP contribution in [0.3, 0.4) is 0 Å². The number of anilines is 1. The Morgan fingerprint density at radius 1 is 0.700 bits per heavy atom. The second-order valence-corrected chi connectivity index (χ2v) is 19.0. The SMILES string of the molecule is C=C/C(=C(\C)N(C)c1ccccc1)c1ccnc(-c2cc(-c3cccc4c3nc(-c3ccc(F)cc3O)n4-c3cc(C(C)(C)C)cc(C(C)(C)C)c3)cc(C(C)(C)C)c2)c1. The van der Waals surface area contributed by atoms with Crippen molar-refractivity contribution in [2.45, 2.75) is 85.5 Å². The molecule has 6 heteroatoms. The summed E-state index contributed by atoms with van der Waals surface area (Å²) >= 11 is 0. The molecule has 0 fully saturated rings. The van der Waals surface area contributed by atoms with Crippen LogP contribution < -0.4 is 4.90 Å². The maximum Gasteiger partial charge on any atom is 0.149 e. The highest BCUT2D eigenvalue weighted by Gasteiger charge is 2.26. The van der Waals surface area contributed by atoms with Gasteiger partial charge in [-0.2, -0.15) is 0 Å². The summed E-state index contributed by atoms with van der Waals surface area (Å²) in [6.07, 6.45) is 3.79. The molecule has 0 atom stereocenters. The van der Waals surface area contributed by atoms with E-state index in [1.807, 2.05) is 36.5 Å². The van der Waals surface area contributed by atoms with Gasteiger partial charge in [-0.3, -0.25) is 9.55 Å². The molecule has 1 N–H and O–H groups in total. The van der Waals surface area contributed by atoms with Gasteiger partial charge in [0.2, 0.25) is 0 Å². The molecule has 0 unspecified atom stereocenters. The van der Waals surface area contributed by atoms with Crippen LogP contribution in [0.1, 0.15) is 91.5 Å². The minimum atomic E-state index is -0.511. The summed E-state index contributed by atoms with van der Waals surface area (Å²) in [5.74, 6) is -0.151. The number of allylic oxidation sites excluding steroid dienone is 3. The first-order chi connectivity index (χ1) is 28.2. The van der Waals surface area contributed by atoms with E-state index in [2.05, 4.69) is 165 Å². The predicted octanol–water partition coefficient (Wildman–Crippen LogP) is 14.2. The molecule has 306 valence electrons. The number of hydrogen-bond donors (Lipinski definition) is 1. The highest BCUT2D eigenvalue weighted by molar-refractivity contribution is 5.97. The molecule has 0 aliphatic rings. The fourth-order valence-corrected chi connectivity index (χ4v) is 7.69. The van der Waals surface area contributed by atoms with Crippen molar-refractivity contribution in [3.63, 3.8) is 0 Å². The van der Waals surface area contributed by atoms with Crippen LogP contribution in [0.5, 0.6) is 5.75 Å². The first kappa shape index (κ1) is 41.9. The number of phenolic OH excluding ortho intramolecular Hbond substituents is 1. The molecule has 2 aromatic heterocycles. The molecule has 0 amide bonds. The van der Waals surface area contributed by atoms with Crippen molar-refractivity contribution in [3.05, 3.63) is 168 Å². The first-order valence-corrected chi connectivity index (χ1v) is 20.7. The molecule has 0 spiro atoms. The second kappa shape index (κ2) is 15.7. The molecule has 2 heterocycles. The third-order valence-electron chi connectivity index (χ3n) is 11.5. The van der Waals surface area contributed by atoms with Crippen LogP contribution in [-0.2, 0) is 16.2 Å². The number of phenols is 1. The molecule has 0 radical (unpaired) electrons. The van der Waals surface area contributed by atoms with Crippen LogP contribution in [0.4, 0.5) is 10.1 Å². The molecule has 7 rings (SSSR count). The predicted molar refractivity (Wildman–Crippen MR) is 251 cm³/mol. The number of aromatic nitrogens is 3. The van der Waals surface area contributed by atoms with Crippen LogP contribution in [0.25, 0.3) is 56.1 Å². The Morgan fingerprint density at radius 3 is 1.95 bits per heavy atom. The standard InChI is InChI=1S/C54H57FN4O/c1-13-44(34(2)58(12)42-18-15-14-16-19-42)35-24-25-56-47(29-35)37-26-36(27-38(28-37)52(3,4)5)45-20-17-21-48-50(45)57-51(46-23-22-41(55)33-49(46)60)59(48)43-31-39(53(6,7)8)30-40(32-43)54(9,10)11/h13-33,60H,1H2,2-12H3/b44-34-. The molecule has 0 bridgehead atoms. The number of aromatic hydroxyl groups is 1. The van der Waals surface area contributed by atoms with Gasteiger partial charge in [-0.1, -0.05) is 117 Å². The van der Waals surface area contributed by atoms with Gasteiger partial charge in [-0.05, 0) is 118 Å². The maximum absolute atomic E-state index is 14.5. The average Bonchev–Trinajstić information content (AvgIpc) is 3.59. The Balaban J connectivity index is 1.47. The van der Waals surface area contributed by atoms with Crippen molar-refractivity contribution in [2.24, 2.45) is 0 Å². The topological polar surface area (TPSA) is 54.2 Å². The highest BCUT2D eigenvalue weighted by atomic mass is 19.1. The fraction of sp³-hybridized carbons (Fsp3) is 0.259. The number of rotatable bonds is 8. The Hall–Kier alpha value is -6.27. The second-order valence-electron chi connectivity index (χ2n) is 19.0. The highest BCUT2D eigenvalue weighted by Crippen LogP contribution is 2.42. The molecule has 0 saturated heterocycles. The lowest BCUT2D eigenvalue weighted by Crippen LogP contribution is -2.17. The van der Waals surface area contributed by atoms with Gasteiger partial charge in [0, 0.05) is 53.1 Å². The maximum atomic E-state index is 14.5. The van der Waals surface area contributed by atoms with E-state index in [9.17, 15) is 9.50 Å². The Morgan fingerprint density at radius 2 is 1.33 bits per heavy atom. The van der Waals surface area contributed by atoms with E-state index in [-0.39, 0.29) is 22.0 Å². The van der Waals surface area contributed by atoms with Crippen molar-refractivity contribution < 1.29 is 9.50 Å². The van der Waals surface area contributed by atoms with Crippen molar-refractivity contribution in [2.75, 3.05) is 11.9 Å². The normalized spacial score (nSPS) is 12.7. The molecule has 5 nitrogen and oxygen atoms in total. The zero-order valence-corrected chi connectivity index (χ0v) is 36.9. The number of halogens is 1. The number of benzene rings is 5. The zero-order chi connectivity index (χ0) is 43.3. The van der Waals surface area contributed by atoms with Crippen LogP contribution in [0.15, 0.2) is 140 Å². The van der Waals surface area contributed by atoms with Gasteiger partial charge in [0.15, 0.2) is 0 Å². The summed E-state index contributed by atoms with van der Waals surface area (Å²) in [5.41, 5.74) is 14.1. The van der Waals surface area contributed by atoms with E-state index >= 15 is 0 Å². The van der Waals surface area contributed by atoms with E-state index in [0.717, 1.165) is 73.3 Å². The third kappa shape index (κ3) is 8.29. The first-order valence-electron chi connectivity index (χ1n) is 20.7. The van der Waals surface area contributed by atoms with E-state index in [0.29, 0.717) is 11.4 Å². The van der Waals surface area contributed by atoms with E-state index < -0.39 is 5.82 Å². The minimum absolute atomic E-state index is 0.135. The summed E-state index contributed by atoms with van der Waals surface area (Å²) in [6.45, 7) is 26.3. The molecule has 0 saturated carbocycles. The van der Waals surface area contributed by atoms with Gasteiger partial charge in [-0.15, -0.1) is 0 Å². The lowest BCUT2D eigenvalue weighted by atomic mass is 9.80. The van der Waals surface area contributed by atoms with Crippen molar-refractivity contribution >= 4 is 22.3 Å². The molecule has 0 aliphatic carbocycles. The molecule has 60 heavy (non-hydrogen) atoms. The summed E-state index contributed by atoms with van der Waals surface area (Å²) < 4.78 is 16.6. The quantitative estimate of drug-likeness (QED) is 0.156. The number of fused-ring (bicyclic) bond motifs is 1. The third-order valence-corrected chi connectivity index (χ3v) is 11.5. The van der Waals surface area contributed by atoms with Crippen LogP contribution in [0, 0.1) is 5.82 Å². The summed E-state index contributed by atoms with van der Waals surface area (Å²) in [6, 6.07) is 38.3. The van der Waals surface area contributed by atoms with Crippen molar-refractivity contribution in [1.29, 1.82) is 0 Å². The number of imidazole rings is 1. The minimum Gasteiger partial charge on any atom is -0.507 e. The lowest BCUT2D eigenvalue weighted by Gasteiger charge is -2.27. The number of hydrogen-bond acceptors (Lipinski definition) is 4. The van der Waals surface area contributed by atoms with E-state index in [4.69, 9.17) is 9.97 Å². The lowest BCUT2D eigenvalue weighted by molar-refractivity contribution is 0.470.